The van der Waals surface area contributed by atoms with Crippen LogP contribution >= 0.6 is 0 Å². The summed E-state index contributed by atoms with van der Waals surface area (Å²) in [7, 11) is 1.70. The molecular formula is C19H20N2O. The lowest BCUT2D eigenvalue weighted by Crippen LogP contribution is -2.17. The number of fused-ring (bicyclic) bond motifs is 3. The second-order valence-electron chi connectivity index (χ2n) is 5.76. The van der Waals surface area contributed by atoms with Gasteiger partial charge in [0.1, 0.15) is 5.75 Å². The van der Waals surface area contributed by atoms with Crippen LogP contribution in [0.4, 0.5) is 0 Å². The molecule has 1 N–H and O–H groups in total. The number of aromatic nitrogens is 1. The molecule has 0 unspecified atom stereocenters. The molecule has 4 rings (SSSR count). The van der Waals surface area contributed by atoms with E-state index in [1.807, 2.05) is 12.1 Å². The third-order valence-electron chi connectivity index (χ3n) is 4.48. The standard InChI is InChI=1S/C19H20N2O/c1-22-17-7-5-14(6-8-17)18-4-2-3-15-13-16-9-10-20-11-12-21(16)19(15)18/h2-8,13,20H,9-12H2,1H3. The smallest absolute Gasteiger partial charge is 0.118 e. The van der Waals surface area contributed by atoms with E-state index >= 15 is 0 Å². The van der Waals surface area contributed by atoms with E-state index in [2.05, 4.69) is 46.3 Å². The zero-order valence-corrected chi connectivity index (χ0v) is 12.8. The molecule has 1 aromatic heterocycles. The Morgan fingerprint density at radius 2 is 1.91 bits per heavy atom. The first-order valence-corrected chi connectivity index (χ1v) is 7.83. The summed E-state index contributed by atoms with van der Waals surface area (Å²) in [5.41, 5.74) is 5.32. The maximum absolute atomic E-state index is 5.27. The van der Waals surface area contributed by atoms with Crippen LogP contribution in [-0.2, 0) is 13.0 Å². The van der Waals surface area contributed by atoms with Gasteiger partial charge in [-0.25, -0.2) is 0 Å². The van der Waals surface area contributed by atoms with Gasteiger partial charge in [0, 0.05) is 42.7 Å². The van der Waals surface area contributed by atoms with Gasteiger partial charge in [0.25, 0.3) is 0 Å². The van der Waals surface area contributed by atoms with Crippen LogP contribution in [0.1, 0.15) is 5.69 Å². The second kappa shape index (κ2) is 5.50. The molecule has 1 aliphatic rings. The van der Waals surface area contributed by atoms with Crippen LogP contribution in [0.5, 0.6) is 5.75 Å². The number of methoxy groups -OCH3 is 1. The topological polar surface area (TPSA) is 26.2 Å². The monoisotopic (exact) mass is 292 g/mol. The van der Waals surface area contributed by atoms with Gasteiger partial charge < -0.3 is 14.6 Å². The third-order valence-corrected chi connectivity index (χ3v) is 4.48. The van der Waals surface area contributed by atoms with Crippen molar-refractivity contribution in [2.45, 2.75) is 13.0 Å². The highest BCUT2D eigenvalue weighted by Gasteiger charge is 2.15. The Morgan fingerprint density at radius 1 is 1.05 bits per heavy atom. The largest absolute Gasteiger partial charge is 0.497 e. The SMILES string of the molecule is COc1ccc(-c2cccc3cc4n(c23)CCNCC4)cc1. The number of nitrogens with one attached hydrogen (secondary N) is 1. The molecule has 0 radical (unpaired) electrons. The zero-order valence-electron chi connectivity index (χ0n) is 12.8. The lowest BCUT2D eigenvalue weighted by Gasteiger charge is -2.11. The summed E-state index contributed by atoms with van der Waals surface area (Å²) in [5, 5.41) is 4.82. The fourth-order valence-corrected chi connectivity index (χ4v) is 3.38. The normalized spacial score (nSPS) is 14.6. The first kappa shape index (κ1) is 13.4. The Morgan fingerprint density at radius 3 is 2.73 bits per heavy atom. The average molecular weight is 292 g/mol. The first-order chi connectivity index (χ1) is 10.9. The average Bonchev–Trinajstić information content (AvgIpc) is 2.76. The van der Waals surface area contributed by atoms with Crippen LogP contribution in [0.2, 0.25) is 0 Å². The van der Waals surface area contributed by atoms with Crippen LogP contribution in [0.15, 0.2) is 48.5 Å². The van der Waals surface area contributed by atoms with E-state index in [-0.39, 0.29) is 0 Å². The van der Waals surface area contributed by atoms with Crippen molar-refractivity contribution in [2.24, 2.45) is 0 Å². The third kappa shape index (κ3) is 2.18. The minimum absolute atomic E-state index is 0.897. The summed E-state index contributed by atoms with van der Waals surface area (Å²) in [4.78, 5) is 0. The maximum atomic E-state index is 5.27. The van der Waals surface area contributed by atoms with Crippen LogP contribution in [0, 0.1) is 0 Å². The van der Waals surface area contributed by atoms with Crippen LogP contribution < -0.4 is 10.1 Å². The lowest BCUT2D eigenvalue weighted by atomic mass is 10.0. The molecule has 0 saturated heterocycles. The van der Waals surface area contributed by atoms with Crippen molar-refractivity contribution >= 4 is 10.9 Å². The predicted octanol–water partition coefficient (Wildman–Crippen LogP) is 3.46. The molecule has 1 aliphatic heterocycles. The molecule has 2 aromatic carbocycles. The summed E-state index contributed by atoms with van der Waals surface area (Å²) in [5.74, 6) is 0.897. The van der Waals surface area contributed by atoms with E-state index in [0.29, 0.717) is 0 Å². The van der Waals surface area contributed by atoms with Crippen molar-refractivity contribution in [3.63, 3.8) is 0 Å². The van der Waals surface area contributed by atoms with E-state index in [9.17, 15) is 0 Å². The number of para-hydroxylation sites is 1. The minimum atomic E-state index is 0.897. The van der Waals surface area contributed by atoms with Crippen LogP contribution in [-0.4, -0.2) is 24.8 Å². The van der Waals surface area contributed by atoms with E-state index in [4.69, 9.17) is 4.74 Å². The Balaban J connectivity index is 1.91. The Hall–Kier alpha value is -2.26. The van der Waals surface area contributed by atoms with Crippen LogP contribution in [0.3, 0.4) is 0 Å². The molecule has 2 heterocycles. The Bertz CT molecular complexity index is 802. The van der Waals surface area contributed by atoms with E-state index in [0.717, 1.165) is 31.8 Å². The van der Waals surface area contributed by atoms with E-state index in [1.165, 1.54) is 27.7 Å². The van der Waals surface area contributed by atoms with Crippen molar-refractivity contribution in [3.8, 4) is 16.9 Å². The summed E-state index contributed by atoms with van der Waals surface area (Å²) in [6, 6.07) is 17.3. The molecule has 0 bridgehead atoms. The van der Waals surface area contributed by atoms with Crippen molar-refractivity contribution in [1.82, 2.24) is 9.88 Å². The molecule has 3 nitrogen and oxygen atoms in total. The molecule has 3 aromatic rings. The number of hydrogen-bond acceptors (Lipinski definition) is 2. The van der Waals surface area contributed by atoms with Gasteiger partial charge in [-0.05, 0) is 23.8 Å². The number of benzene rings is 2. The number of nitrogens with zero attached hydrogens (tertiary/aromatic N) is 1. The van der Waals surface area contributed by atoms with Gasteiger partial charge in [-0.15, -0.1) is 0 Å². The fourth-order valence-electron chi connectivity index (χ4n) is 3.38. The summed E-state index contributed by atoms with van der Waals surface area (Å²) < 4.78 is 7.75. The van der Waals surface area contributed by atoms with Crippen molar-refractivity contribution in [1.29, 1.82) is 0 Å². The van der Waals surface area contributed by atoms with Crippen LogP contribution in [0.25, 0.3) is 22.0 Å². The molecule has 0 atom stereocenters. The number of ether oxygens (including phenoxy) is 1. The zero-order chi connectivity index (χ0) is 14.9. The molecular weight excluding hydrogens is 272 g/mol. The van der Waals surface area contributed by atoms with Gasteiger partial charge in [0.15, 0.2) is 0 Å². The first-order valence-electron chi connectivity index (χ1n) is 7.83. The maximum Gasteiger partial charge on any atom is 0.118 e. The molecule has 0 aliphatic carbocycles. The van der Waals surface area contributed by atoms with Gasteiger partial charge >= 0.3 is 0 Å². The molecule has 0 amide bonds. The molecule has 3 heteroatoms. The fraction of sp³-hybridized carbons (Fsp3) is 0.263. The van der Waals surface area contributed by atoms with Gasteiger partial charge in [0.05, 0.1) is 12.6 Å². The summed E-state index contributed by atoms with van der Waals surface area (Å²) in [6.45, 7) is 3.13. The van der Waals surface area contributed by atoms with Crippen molar-refractivity contribution in [3.05, 3.63) is 54.2 Å². The highest BCUT2D eigenvalue weighted by Crippen LogP contribution is 2.32. The van der Waals surface area contributed by atoms with E-state index in [1.54, 1.807) is 7.11 Å². The Labute approximate surface area is 130 Å². The Kier molecular flexibility index (Phi) is 3.35. The van der Waals surface area contributed by atoms with Gasteiger partial charge in [-0.2, -0.15) is 0 Å². The molecule has 0 spiro atoms. The number of hydrogen-bond donors (Lipinski definition) is 1. The highest BCUT2D eigenvalue weighted by molar-refractivity contribution is 5.95. The lowest BCUT2D eigenvalue weighted by molar-refractivity contribution is 0.415. The van der Waals surface area contributed by atoms with Crippen molar-refractivity contribution in [2.75, 3.05) is 20.2 Å². The molecule has 22 heavy (non-hydrogen) atoms. The summed E-state index contributed by atoms with van der Waals surface area (Å²) in [6.07, 6.45) is 1.09. The second-order valence-corrected chi connectivity index (χ2v) is 5.76. The van der Waals surface area contributed by atoms with Gasteiger partial charge in [-0.1, -0.05) is 30.3 Å². The van der Waals surface area contributed by atoms with Gasteiger partial charge in [-0.3, -0.25) is 0 Å². The summed E-state index contributed by atoms with van der Waals surface area (Å²) >= 11 is 0. The van der Waals surface area contributed by atoms with Crippen molar-refractivity contribution < 1.29 is 4.74 Å². The van der Waals surface area contributed by atoms with Gasteiger partial charge in [0.2, 0.25) is 0 Å². The quantitative estimate of drug-likeness (QED) is 0.783. The predicted molar refractivity (Wildman–Crippen MR) is 90.5 cm³/mol. The molecule has 0 fully saturated rings. The molecule has 0 saturated carbocycles. The highest BCUT2D eigenvalue weighted by atomic mass is 16.5. The van der Waals surface area contributed by atoms with E-state index < -0.39 is 0 Å². The molecule has 112 valence electrons. The minimum Gasteiger partial charge on any atom is -0.497 e. The number of rotatable bonds is 2.